The summed E-state index contributed by atoms with van der Waals surface area (Å²) >= 11 is 0. The average molecular weight is 311 g/mol. The van der Waals surface area contributed by atoms with Crippen LogP contribution in [0.1, 0.15) is 12.5 Å². The molecule has 118 valence electrons. The molecule has 2 heterocycles. The van der Waals surface area contributed by atoms with E-state index in [0.717, 1.165) is 27.7 Å². The number of ether oxygens (including phenoxy) is 1. The summed E-state index contributed by atoms with van der Waals surface area (Å²) in [5, 5.41) is 13.5. The van der Waals surface area contributed by atoms with Crippen LogP contribution in [0, 0.1) is 0 Å². The SMILES string of the molecule is CCOC(=O)Cn1ncc2ncc(-c3cccc(CO)c3)cc21. The number of hydrogen-bond donors (Lipinski definition) is 1. The van der Waals surface area contributed by atoms with E-state index in [4.69, 9.17) is 4.74 Å². The average Bonchev–Trinajstić information content (AvgIpc) is 2.97. The van der Waals surface area contributed by atoms with Crippen LogP contribution in [0.25, 0.3) is 22.2 Å². The lowest BCUT2D eigenvalue weighted by atomic mass is 10.0. The summed E-state index contributed by atoms with van der Waals surface area (Å²) in [6, 6.07) is 9.55. The number of aliphatic hydroxyl groups is 1. The molecule has 0 fully saturated rings. The van der Waals surface area contributed by atoms with Crippen molar-refractivity contribution < 1.29 is 14.6 Å². The second kappa shape index (κ2) is 6.58. The molecule has 0 atom stereocenters. The van der Waals surface area contributed by atoms with Crippen molar-refractivity contribution in [2.45, 2.75) is 20.1 Å². The minimum atomic E-state index is -0.329. The van der Waals surface area contributed by atoms with E-state index < -0.39 is 0 Å². The van der Waals surface area contributed by atoms with E-state index in [-0.39, 0.29) is 19.1 Å². The van der Waals surface area contributed by atoms with Gasteiger partial charge in [-0.05, 0) is 30.2 Å². The van der Waals surface area contributed by atoms with Gasteiger partial charge in [0.15, 0.2) is 0 Å². The van der Waals surface area contributed by atoms with Crippen LogP contribution in [0.15, 0.2) is 42.7 Å². The Hall–Kier alpha value is -2.73. The number of rotatable bonds is 5. The van der Waals surface area contributed by atoms with Crippen LogP contribution < -0.4 is 0 Å². The zero-order valence-corrected chi connectivity index (χ0v) is 12.8. The van der Waals surface area contributed by atoms with Gasteiger partial charge < -0.3 is 9.84 Å². The second-order valence-corrected chi connectivity index (χ2v) is 5.09. The fourth-order valence-electron chi connectivity index (χ4n) is 2.42. The third kappa shape index (κ3) is 3.22. The first-order valence-electron chi connectivity index (χ1n) is 7.38. The van der Waals surface area contributed by atoms with Crippen LogP contribution in [0.2, 0.25) is 0 Å². The molecule has 0 saturated carbocycles. The molecule has 3 aromatic rings. The van der Waals surface area contributed by atoms with Gasteiger partial charge in [0.05, 0.1) is 24.9 Å². The highest BCUT2D eigenvalue weighted by molar-refractivity contribution is 5.81. The minimum absolute atomic E-state index is 0.00962. The van der Waals surface area contributed by atoms with Gasteiger partial charge >= 0.3 is 5.97 Å². The Bertz CT molecular complexity index is 842. The van der Waals surface area contributed by atoms with Crippen molar-refractivity contribution in [2.75, 3.05) is 6.61 Å². The summed E-state index contributed by atoms with van der Waals surface area (Å²) in [5.74, 6) is -0.329. The smallest absolute Gasteiger partial charge is 0.327 e. The molecule has 0 unspecified atom stereocenters. The summed E-state index contributed by atoms with van der Waals surface area (Å²) in [7, 11) is 0. The van der Waals surface area contributed by atoms with Crippen molar-refractivity contribution in [1.29, 1.82) is 0 Å². The maximum absolute atomic E-state index is 11.7. The number of hydrogen-bond acceptors (Lipinski definition) is 5. The lowest BCUT2D eigenvalue weighted by Gasteiger charge is -2.06. The lowest BCUT2D eigenvalue weighted by Crippen LogP contribution is -2.14. The highest BCUT2D eigenvalue weighted by Crippen LogP contribution is 2.23. The highest BCUT2D eigenvalue weighted by atomic mass is 16.5. The summed E-state index contributed by atoms with van der Waals surface area (Å²) in [5.41, 5.74) is 4.18. The van der Waals surface area contributed by atoms with Crippen molar-refractivity contribution in [2.24, 2.45) is 0 Å². The third-order valence-electron chi connectivity index (χ3n) is 3.52. The molecule has 1 aromatic carbocycles. The van der Waals surface area contributed by atoms with Crippen LogP contribution in [0.3, 0.4) is 0 Å². The zero-order chi connectivity index (χ0) is 16.2. The lowest BCUT2D eigenvalue weighted by molar-refractivity contribution is -0.143. The van der Waals surface area contributed by atoms with Crippen molar-refractivity contribution in [1.82, 2.24) is 14.8 Å². The number of nitrogens with zero attached hydrogens (tertiary/aromatic N) is 3. The van der Waals surface area contributed by atoms with Gasteiger partial charge in [-0.3, -0.25) is 14.5 Å². The van der Waals surface area contributed by atoms with Gasteiger partial charge in [-0.25, -0.2) is 0 Å². The quantitative estimate of drug-likeness (QED) is 0.731. The molecule has 3 rings (SSSR count). The number of benzene rings is 1. The number of fused-ring (bicyclic) bond motifs is 1. The van der Waals surface area contributed by atoms with Crippen LogP contribution >= 0.6 is 0 Å². The molecule has 0 aliphatic carbocycles. The number of aromatic nitrogens is 3. The Morgan fingerprint density at radius 2 is 2.13 bits per heavy atom. The van der Waals surface area contributed by atoms with Gasteiger partial charge in [0.2, 0.25) is 0 Å². The first-order chi connectivity index (χ1) is 11.2. The number of pyridine rings is 1. The van der Waals surface area contributed by atoms with E-state index in [2.05, 4.69) is 10.1 Å². The molecule has 0 aliphatic heterocycles. The number of carbonyl (C=O) groups is 1. The van der Waals surface area contributed by atoms with E-state index in [0.29, 0.717) is 6.61 Å². The Kier molecular flexibility index (Phi) is 4.34. The van der Waals surface area contributed by atoms with Crippen LogP contribution in [0.5, 0.6) is 0 Å². The predicted octanol–water partition coefficient (Wildman–Crippen LogP) is 2.15. The van der Waals surface area contributed by atoms with Gasteiger partial charge in [0.1, 0.15) is 12.1 Å². The van der Waals surface area contributed by atoms with Crippen LogP contribution in [0.4, 0.5) is 0 Å². The van der Waals surface area contributed by atoms with Gasteiger partial charge in [0, 0.05) is 11.8 Å². The second-order valence-electron chi connectivity index (χ2n) is 5.09. The van der Waals surface area contributed by atoms with Crippen LogP contribution in [-0.4, -0.2) is 32.4 Å². The molecule has 6 heteroatoms. The Labute approximate surface area is 133 Å². The van der Waals surface area contributed by atoms with Gasteiger partial charge in [-0.15, -0.1) is 0 Å². The van der Waals surface area contributed by atoms with E-state index in [9.17, 15) is 9.90 Å². The fraction of sp³-hybridized carbons (Fsp3) is 0.235. The molecular formula is C17H17N3O3. The normalized spacial score (nSPS) is 10.9. The Morgan fingerprint density at radius 1 is 1.26 bits per heavy atom. The third-order valence-corrected chi connectivity index (χ3v) is 3.52. The Balaban J connectivity index is 1.98. The monoisotopic (exact) mass is 311 g/mol. The molecule has 6 nitrogen and oxygen atoms in total. The topological polar surface area (TPSA) is 77.2 Å². The molecule has 0 bridgehead atoms. The summed E-state index contributed by atoms with van der Waals surface area (Å²) in [6.45, 7) is 2.16. The molecule has 0 saturated heterocycles. The summed E-state index contributed by atoms with van der Waals surface area (Å²) < 4.78 is 6.54. The summed E-state index contributed by atoms with van der Waals surface area (Å²) in [4.78, 5) is 16.1. The molecule has 0 radical (unpaired) electrons. The number of aliphatic hydroxyl groups excluding tert-OH is 1. The van der Waals surface area contributed by atoms with Gasteiger partial charge in [0.25, 0.3) is 0 Å². The summed E-state index contributed by atoms with van der Waals surface area (Å²) in [6.07, 6.45) is 3.39. The maximum Gasteiger partial charge on any atom is 0.327 e. The minimum Gasteiger partial charge on any atom is -0.465 e. The molecule has 0 amide bonds. The van der Waals surface area contributed by atoms with Crippen molar-refractivity contribution >= 4 is 17.0 Å². The van der Waals surface area contributed by atoms with E-state index >= 15 is 0 Å². The van der Waals surface area contributed by atoms with E-state index in [1.54, 1.807) is 24.0 Å². The standard InChI is InChI=1S/C17H17N3O3/c1-2-23-17(22)10-20-16-7-14(8-18-15(16)9-19-20)13-5-3-4-12(6-13)11-21/h3-9,21H,2,10-11H2,1H3. The Morgan fingerprint density at radius 3 is 2.91 bits per heavy atom. The highest BCUT2D eigenvalue weighted by Gasteiger charge is 2.10. The largest absolute Gasteiger partial charge is 0.465 e. The fourth-order valence-corrected chi connectivity index (χ4v) is 2.42. The van der Waals surface area contributed by atoms with Crippen LogP contribution in [-0.2, 0) is 22.7 Å². The van der Waals surface area contributed by atoms with E-state index in [1.165, 1.54) is 0 Å². The molecule has 1 N–H and O–H groups in total. The molecule has 23 heavy (non-hydrogen) atoms. The molecule has 2 aromatic heterocycles. The van der Waals surface area contributed by atoms with Gasteiger partial charge in [-0.2, -0.15) is 5.10 Å². The van der Waals surface area contributed by atoms with Crippen molar-refractivity contribution in [3.8, 4) is 11.1 Å². The number of carbonyl (C=O) groups excluding carboxylic acids is 1. The number of esters is 1. The molecule has 0 aliphatic rings. The van der Waals surface area contributed by atoms with E-state index in [1.807, 2.05) is 30.3 Å². The van der Waals surface area contributed by atoms with Crippen molar-refractivity contribution in [3.05, 3.63) is 48.3 Å². The zero-order valence-electron chi connectivity index (χ0n) is 12.8. The van der Waals surface area contributed by atoms with Crippen molar-refractivity contribution in [3.63, 3.8) is 0 Å². The molecular weight excluding hydrogens is 294 g/mol. The first-order valence-corrected chi connectivity index (χ1v) is 7.38. The predicted molar refractivity (Wildman–Crippen MR) is 85.5 cm³/mol. The maximum atomic E-state index is 11.7. The first kappa shape index (κ1) is 15.2. The van der Waals surface area contributed by atoms with Gasteiger partial charge in [-0.1, -0.05) is 18.2 Å². The molecule has 0 spiro atoms.